The average Bonchev–Trinajstić information content (AvgIpc) is 2.26. The molecule has 1 aromatic heterocycles. The number of nitrogen functional groups attached to an aromatic ring is 1. The highest BCUT2D eigenvalue weighted by atomic mass is 16.2. The molecule has 0 bridgehead atoms. The molecule has 2 N–H and O–H groups in total. The Balaban J connectivity index is 2.87. The quantitative estimate of drug-likeness (QED) is 0.871. The molecule has 0 aliphatic carbocycles. The van der Waals surface area contributed by atoms with Crippen LogP contribution in [-0.2, 0) is 0 Å². The van der Waals surface area contributed by atoms with Gasteiger partial charge in [-0.3, -0.25) is 4.79 Å². The van der Waals surface area contributed by atoms with E-state index in [0.29, 0.717) is 23.3 Å². The standard InChI is InChI=1S/C14H23N3O/c1-10(2)8-17(9-11(3)4)14(18)12-6-5-7-13(15)16-12/h5-7,10-11H,8-9H2,1-4H3,(H2,15,16). The second-order valence-electron chi connectivity index (χ2n) is 5.45. The molecule has 0 saturated heterocycles. The molecule has 1 rings (SSSR count). The number of hydrogen-bond acceptors (Lipinski definition) is 3. The van der Waals surface area contributed by atoms with Crippen LogP contribution >= 0.6 is 0 Å². The maximum Gasteiger partial charge on any atom is 0.272 e. The first-order valence-corrected chi connectivity index (χ1v) is 6.42. The van der Waals surface area contributed by atoms with Crippen LogP contribution in [0.15, 0.2) is 18.2 Å². The average molecular weight is 249 g/mol. The van der Waals surface area contributed by atoms with Gasteiger partial charge in [0.1, 0.15) is 11.5 Å². The minimum absolute atomic E-state index is 0.0373. The van der Waals surface area contributed by atoms with E-state index in [2.05, 4.69) is 32.7 Å². The molecule has 4 heteroatoms. The number of anilines is 1. The van der Waals surface area contributed by atoms with E-state index < -0.39 is 0 Å². The molecule has 0 unspecified atom stereocenters. The summed E-state index contributed by atoms with van der Waals surface area (Å²) in [5.74, 6) is 1.22. The first-order chi connectivity index (χ1) is 8.40. The van der Waals surface area contributed by atoms with Crippen molar-refractivity contribution in [2.75, 3.05) is 18.8 Å². The first-order valence-electron chi connectivity index (χ1n) is 6.42. The molecule has 0 aliphatic heterocycles. The third-order valence-corrected chi connectivity index (χ3v) is 2.45. The van der Waals surface area contributed by atoms with Crippen LogP contribution in [-0.4, -0.2) is 28.9 Å². The largest absolute Gasteiger partial charge is 0.384 e. The van der Waals surface area contributed by atoms with E-state index in [1.54, 1.807) is 18.2 Å². The Kier molecular flexibility index (Phi) is 5.13. The number of carbonyl (C=O) groups is 1. The van der Waals surface area contributed by atoms with Crippen LogP contribution in [0, 0.1) is 11.8 Å². The van der Waals surface area contributed by atoms with Gasteiger partial charge in [0.25, 0.3) is 5.91 Å². The van der Waals surface area contributed by atoms with Gasteiger partial charge in [-0.15, -0.1) is 0 Å². The monoisotopic (exact) mass is 249 g/mol. The molecular formula is C14H23N3O. The molecule has 1 heterocycles. The summed E-state index contributed by atoms with van der Waals surface area (Å²) in [7, 11) is 0. The molecule has 0 fully saturated rings. The zero-order valence-corrected chi connectivity index (χ0v) is 11.7. The van der Waals surface area contributed by atoms with Crippen molar-refractivity contribution in [3.63, 3.8) is 0 Å². The van der Waals surface area contributed by atoms with Crippen LogP contribution in [0.5, 0.6) is 0 Å². The molecule has 0 spiro atoms. The number of rotatable bonds is 5. The van der Waals surface area contributed by atoms with E-state index in [4.69, 9.17) is 5.73 Å². The molecule has 0 aliphatic rings. The Morgan fingerprint density at radius 1 is 1.22 bits per heavy atom. The predicted molar refractivity (Wildman–Crippen MR) is 74.2 cm³/mol. The van der Waals surface area contributed by atoms with Gasteiger partial charge in [-0.05, 0) is 24.0 Å². The molecule has 100 valence electrons. The van der Waals surface area contributed by atoms with Gasteiger partial charge < -0.3 is 10.6 Å². The third kappa shape index (κ3) is 4.35. The Hall–Kier alpha value is -1.58. The Bertz CT molecular complexity index is 392. The fraction of sp³-hybridized carbons (Fsp3) is 0.571. The lowest BCUT2D eigenvalue weighted by atomic mass is 10.1. The lowest BCUT2D eigenvalue weighted by Crippen LogP contribution is -2.37. The zero-order chi connectivity index (χ0) is 13.7. The molecule has 1 aromatic rings. The van der Waals surface area contributed by atoms with Gasteiger partial charge >= 0.3 is 0 Å². The summed E-state index contributed by atoms with van der Waals surface area (Å²) in [6.45, 7) is 9.91. The fourth-order valence-electron chi connectivity index (χ4n) is 1.85. The Morgan fingerprint density at radius 3 is 2.22 bits per heavy atom. The van der Waals surface area contributed by atoms with Crippen molar-refractivity contribution < 1.29 is 4.79 Å². The van der Waals surface area contributed by atoms with Crippen LogP contribution in [0.3, 0.4) is 0 Å². The van der Waals surface area contributed by atoms with Gasteiger partial charge in [-0.25, -0.2) is 4.98 Å². The Morgan fingerprint density at radius 2 is 1.78 bits per heavy atom. The van der Waals surface area contributed by atoms with E-state index >= 15 is 0 Å². The summed E-state index contributed by atoms with van der Waals surface area (Å²) in [4.78, 5) is 18.3. The van der Waals surface area contributed by atoms with Gasteiger partial charge in [0.2, 0.25) is 0 Å². The van der Waals surface area contributed by atoms with Gasteiger partial charge in [0.15, 0.2) is 0 Å². The van der Waals surface area contributed by atoms with E-state index in [1.807, 2.05) is 4.90 Å². The topological polar surface area (TPSA) is 59.2 Å². The highest BCUT2D eigenvalue weighted by Crippen LogP contribution is 2.10. The number of hydrogen-bond donors (Lipinski definition) is 1. The molecule has 0 aromatic carbocycles. The lowest BCUT2D eigenvalue weighted by Gasteiger charge is -2.26. The number of aromatic nitrogens is 1. The second-order valence-corrected chi connectivity index (χ2v) is 5.45. The van der Waals surface area contributed by atoms with E-state index in [0.717, 1.165) is 13.1 Å². The van der Waals surface area contributed by atoms with Crippen LogP contribution in [0.1, 0.15) is 38.2 Å². The van der Waals surface area contributed by atoms with Gasteiger partial charge in [-0.2, -0.15) is 0 Å². The van der Waals surface area contributed by atoms with Crippen LogP contribution < -0.4 is 5.73 Å². The van der Waals surface area contributed by atoms with Crippen molar-refractivity contribution >= 4 is 11.7 Å². The molecular weight excluding hydrogens is 226 g/mol. The maximum absolute atomic E-state index is 12.4. The van der Waals surface area contributed by atoms with Crippen molar-refractivity contribution in [2.24, 2.45) is 11.8 Å². The highest BCUT2D eigenvalue weighted by Gasteiger charge is 2.19. The smallest absolute Gasteiger partial charge is 0.272 e. The second kappa shape index (κ2) is 6.38. The van der Waals surface area contributed by atoms with Crippen LogP contribution in [0.2, 0.25) is 0 Å². The van der Waals surface area contributed by atoms with Crippen molar-refractivity contribution in [2.45, 2.75) is 27.7 Å². The maximum atomic E-state index is 12.4. The normalized spacial score (nSPS) is 11.0. The fourth-order valence-corrected chi connectivity index (χ4v) is 1.85. The number of nitrogens with two attached hydrogens (primary N) is 1. The van der Waals surface area contributed by atoms with E-state index in [1.165, 1.54) is 0 Å². The SMILES string of the molecule is CC(C)CN(CC(C)C)C(=O)c1cccc(N)n1. The summed E-state index contributed by atoms with van der Waals surface area (Å²) >= 11 is 0. The highest BCUT2D eigenvalue weighted by molar-refractivity contribution is 5.92. The molecule has 0 atom stereocenters. The van der Waals surface area contributed by atoms with Crippen LogP contribution in [0.25, 0.3) is 0 Å². The summed E-state index contributed by atoms with van der Waals surface area (Å²) in [6, 6.07) is 5.16. The Labute approximate surface area is 109 Å². The summed E-state index contributed by atoms with van der Waals surface area (Å²) in [6.07, 6.45) is 0. The predicted octanol–water partition coefficient (Wildman–Crippen LogP) is 2.42. The third-order valence-electron chi connectivity index (χ3n) is 2.45. The number of nitrogens with zero attached hydrogens (tertiary/aromatic N) is 2. The molecule has 1 amide bonds. The van der Waals surface area contributed by atoms with Gasteiger partial charge in [0, 0.05) is 13.1 Å². The first kappa shape index (κ1) is 14.5. The minimum Gasteiger partial charge on any atom is -0.384 e. The van der Waals surface area contributed by atoms with E-state index in [9.17, 15) is 4.79 Å². The lowest BCUT2D eigenvalue weighted by molar-refractivity contribution is 0.0709. The summed E-state index contributed by atoms with van der Waals surface area (Å²) in [5.41, 5.74) is 6.04. The van der Waals surface area contributed by atoms with Crippen molar-refractivity contribution in [3.8, 4) is 0 Å². The van der Waals surface area contributed by atoms with Gasteiger partial charge in [-0.1, -0.05) is 33.8 Å². The summed E-state index contributed by atoms with van der Waals surface area (Å²) < 4.78 is 0. The molecule has 0 radical (unpaired) electrons. The van der Waals surface area contributed by atoms with Crippen molar-refractivity contribution in [1.29, 1.82) is 0 Å². The van der Waals surface area contributed by atoms with Crippen molar-refractivity contribution in [1.82, 2.24) is 9.88 Å². The molecule has 0 saturated carbocycles. The number of amides is 1. The molecule has 4 nitrogen and oxygen atoms in total. The molecule has 18 heavy (non-hydrogen) atoms. The minimum atomic E-state index is -0.0373. The number of carbonyl (C=O) groups excluding carboxylic acids is 1. The van der Waals surface area contributed by atoms with Crippen molar-refractivity contribution in [3.05, 3.63) is 23.9 Å². The zero-order valence-electron chi connectivity index (χ0n) is 11.7. The van der Waals surface area contributed by atoms with E-state index in [-0.39, 0.29) is 5.91 Å². The van der Waals surface area contributed by atoms with Crippen LogP contribution in [0.4, 0.5) is 5.82 Å². The van der Waals surface area contributed by atoms with Gasteiger partial charge in [0.05, 0.1) is 0 Å². The summed E-state index contributed by atoms with van der Waals surface area (Å²) in [5, 5.41) is 0. The number of pyridine rings is 1.